The van der Waals surface area contributed by atoms with Crippen molar-refractivity contribution < 1.29 is 0 Å². The fourth-order valence-electron chi connectivity index (χ4n) is 2.33. The van der Waals surface area contributed by atoms with E-state index in [1.807, 2.05) is 6.07 Å². The molecular weight excluding hydrogens is 310 g/mol. The number of benzene rings is 1. The molecule has 3 heteroatoms. The van der Waals surface area contributed by atoms with Crippen molar-refractivity contribution >= 4 is 27.5 Å². The highest BCUT2D eigenvalue weighted by Crippen LogP contribution is 2.34. The van der Waals surface area contributed by atoms with Crippen LogP contribution >= 0.6 is 27.5 Å². The number of hydrogen-bond acceptors (Lipinski definition) is 1. The van der Waals surface area contributed by atoms with Crippen LogP contribution in [0.5, 0.6) is 0 Å². The van der Waals surface area contributed by atoms with Gasteiger partial charge in [0.25, 0.3) is 0 Å². The van der Waals surface area contributed by atoms with Gasteiger partial charge in [-0.15, -0.1) is 0 Å². The standard InChI is InChI=1S/C15H23BrClN/c1-3-5-8-15(4-2,11-18)10-12-6-7-13(16)9-14(12)17/h6-7,9H,3-5,8,10-11,18H2,1-2H3. The minimum atomic E-state index is 0.202. The molecule has 1 rings (SSSR count). The molecule has 0 saturated carbocycles. The minimum absolute atomic E-state index is 0.202. The zero-order valence-corrected chi connectivity index (χ0v) is 13.6. The Bertz CT molecular complexity index is 375. The average Bonchev–Trinajstić information content (AvgIpc) is 2.37. The molecule has 0 bridgehead atoms. The highest BCUT2D eigenvalue weighted by Gasteiger charge is 2.27. The van der Waals surface area contributed by atoms with Gasteiger partial charge in [0, 0.05) is 9.50 Å². The molecule has 1 aromatic carbocycles. The first-order valence-electron chi connectivity index (χ1n) is 6.71. The van der Waals surface area contributed by atoms with Crippen molar-refractivity contribution in [3.05, 3.63) is 33.3 Å². The van der Waals surface area contributed by atoms with E-state index in [9.17, 15) is 0 Å². The minimum Gasteiger partial charge on any atom is -0.330 e. The van der Waals surface area contributed by atoms with Crippen LogP contribution in [0.15, 0.2) is 22.7 Å². The van der Waals surface area contributed by atoms with E-state index in [0.29, 0.717) is 0 Å². The normalized spacial score (nSPS) is 14.5. The summed E-state index contributed by atoms with van der Waals surface area (Å²) in [5.41, 5.74) is 7.45. The molecule has 0 fully saturated rings. The van der Waals surface area contributed by atoms with Crippen LogP contribution in [-0.2, 0) is 6.42 Å². The van der Waals surface area contributed by atoms with Crippen LogP contribution in [0.3, 0.4) is 0 Å². The zero-order valence-electron chi connectivity index (χ0n) is 11.3. The first-order chi connectivity index (χ1) is 8.56. The van der Waals surface area contributed by atoms with Gasteiger partial charge >= 0.3 is 0 Å². The van der Waals surface area contributed by atoms with E-state index in [0.717, 1.165) is 28.9 Å². The summed E-state index contributed by atoms with van der Waals surface area (Å²) in [7, 11) is 0. The van der Waals surface area contributed by atoms with Gasteiger partial charge in [-0.2, -0.15) is 0 Å². The van der Waals surface area contributed by atoms with E-state index >= 15 is 0 Å². The van der Waals surface area contributed by atoms with Crippen molar-refractivity contribution in [3.8, 4) is 0 Å². The van der Waals surface area contributed by atoms with E-state index < -0.39 is 0 Å². The molecular formula is C15H23BrClN. The Balaban J connectivity index is 2.88. The lowest BCUT2D eigenvalue weighted by Crippen LogP contribution is -2.32. The van der Waals surface area contributed by atoms with Crippen LogP contribution in [0, 0.1) is 5.41 Å². The van der Waals surface area contributed by atoms with Gasteiger partial charge in [-0.25, -0.2) is 0 Å². The summed E-state index contributed by atoms with van der Waals surface area (Å²) in [6.45, 7) is 5.19. The Hall–Kier alpha value is -0.0500. The van der Waals surface area contributed by atoms with Crippen molar-refractivity contribution in [2.45, 2.75) is 46.0 Å². The maximum atomic E-state index is 6.31. The molecule has 0 saturated heterocycles. The SMILES string of the molecule is CCCCC(CC)(CN)Cc1ccc(Br)cc1Cl. The fraction of sp³-hybridized carbons (Fsp3) is 0.600. The van der Waals surface area contributed by atoms with Gasteiger partial charge in [-0.1, -0.05) is 60.3 Å². The summed E-state index contributed by atoms with van der Waals surface area (Å²) < 4.78 is 1.03. The second kappa shape index (κ2) is 7.52. The predicted octanol–water partition coefficient (Wildman–Crippen LogP) is 5.19. The molecule has 0 spiro atoms. The van der Waals surface area contributed by atoms with Crippen molar-refractivity contribution in [2.75, 3.05) is 6.54 Å². The molecule has 0 amide bonds. The molecule has 1 aromatic rings. The van der Waals surface area contributed by atoms with Crippen LogP contribution < -0.4 is 5.73 Å². The number of rotatable bonds is 7. The molecule has 18 heavy (non-hydrogen) atoms. The van der Waals surface area contributed by atoms with E-state index in [1.165, 1.54) is 24.8 Å². The summed E-state index contributed by atoms with van der Waals surface area (Å²) in [5.74, 6) is 0. The highest BCUT2D eigenvalue weighted by atomic mass is 79.9. The van der Waals surface area contributed by atoms with Crippen LogP contribution in [0.1, 0.15) is 45.1 Å². The maximum absolute atomic E-state index is 6.31. The predicted molar refractivity (Wildman–Crippen MR) is 84.2 cm³/mol. The number of hydrogen-bond donors (Lipinski definition) is 1. The molecule has 1 unspecified atom stereocenters. The lowest BCUT2D eigenvalue weighted by Gasteiger charge is -2.32. The molecule has 0 heterocycles. The quantitative estimate of drug-likeness (QED) is 0.730. The smallest absolute Gasteiger partial charge is 0.0449 e. The third-order valence-electron chi connectivity index (χ3n) is 3.82. The van der Waals surface area contributed by atoms with Gasteiger partial charge in [0.05, 0.1) is 0 Å². The van der Waals surface area contributed by atoms with Gasteiger partial charge in [0.15, 0.2) is 0 Å². The molecule has 0 aliphatic carbocycles. The van der Waals surface area contributed by atoms with Crippen molar-refractivity contribution in [1.82, 2.24) is 0 Å². The molecule has 0 aliphatic heterocycles. The van der Waals surface area contributed by atoms with Crippen molar-refractivity contribution in [3.63, 3.8) is 0 Å². The first kappa shape index (κ1) is 16.0. The van der Waals surface area contributed by atoms with Crippen LogP contribution in [-0.4, -0.2) is 6.54 Å². The van der Waals surface area contributed by atoms with Gasteiger partial charge in [-0.3, -0.25) is 0 Å². The van der Waals surface area contributed by atoms with E-state index in [2.05, 4.69) is 41.9 Å². The summed E-state index contributed by atoms with van der Waals surface area (Å²) >= 11 is 9.76. The van der Waals surface area contributed by atoms with Crippen molar-refractivity contribution in [2.24, 2.45) is 11.1 Å². The van der Waals surface area contributed by atoms with E-state index in [4.69, 9.17) is 17.3 Å². The second-order valence-corrected chi connectivity index (χ2v) is 6.40. The van der Waals surface area contributed by atoms with Crippen molar-refractivity contribution in [1.29, 1.82) is 0 Å². The highest BCUT2D eigenvalue weighted by molar-refractivity contribution is 9.10. The van der Waals surface area contributed by atoms with Gasteiger partial charge in [0.1, 0.15) is 0 Å². The third-order valence-corrected chi connectivity index (χ3v) is 4.67. The maximum Gasteiger partial charge on any atom is 0.0449 e. The molecule has 0 radical (unpaired) electrons. The average molecular weight is 333 g/mol. The first-order valence-corrected chi connectivity index (χ1v) is 7.88. The molecule has 0 aliphatic rings. The monoisotopic (exact) mass is 331 g/mol. The Labute approximate surface area is 124 Å². The molecule has 1 nitrogen and oxygen atoms in total. The molecule has 2 N–H and O–H groups in total. The topological polar surface area (TPSA) is 26.0 Å². The third kappa shape index (κ3) is 4.25. The van der Waals surface area contributed by atoms with Gasteiger partial charge in [0.2, 0.25) is 0 Å². The number of unbranched alkanes of at least 4 members (excludes halogenated alkanes) is 1. The molecule has 1 atom stereocenters. The van der Waals surface area contributed by atoms with Crippen LogP contribution in [0.4, 0.5) is 0 Å². The Morgan fingerprint density at radius 1 is 1.33 bits per heavy atom. The van der Waals surface area contributed by atoms with Crippen LogP contribution in [0.2, 0.25) is 5.02 Å². The Morgan fingerprint density at radius 3 is 2.56 bits per heavy atom. The summed E-state index contributed by atoms with van der Waals surface area (Å²) in [5, 5.41) is 0.840. The second-order valence-electron chi connectivity index (χ2n) is 5.07. The van der Waals surface area contributed by atoms with E-state index in [-0.39, 0.29) is 5.41 Å². The number of nitrogens with two attached hydrogens (primary N) is 1. The summed E-state index contributed by atoms with van der Waals surface area (Å²) in [6, 6.07) is 6.13. The van der Waals surface area contributed by atoms with Gasteiger partial charge < -0.3 is 5.73 Å². The summed E-state index contributed by atoms with van der Waals surface area (Å²) in [6.07, 6.45) is 5.72. The fourth-order valence-corrected chi connectivity index (χ4v) is 3.07. The Kier molecular flexibility index (Phi) is 6.68. The summed E-state index contributed by atoms with van der Waals surface area (Å²) in [4.78, 5) is 0. The van der Waals surface area contributed by atoms with E-state index in [1.54, 1.807) is 0 Å². The zero-order chi connectivity index (χ0) is 13.6. The lowest BCUT2D eigenvalue weighted by atomic mass is 9.75. The van der Waals surface area contributed by atoms with Gasteiger partial charge in [-0.05, 0) is 48.9 Å². The lowest BCUT2D eigenvalue weighted by molar-refractivity contribution is 0.251. The molecule has 0 aromatic heterocycles. The van der Waals surface area contributed by atoms with Crippen LogP contribution in [0.25, 0.3) is 0 Å². The Morgan fingerprint density at radius 2 is 2.06 bits per heavy atom. The number of halogens is 2. The largest absolute Gasteiger partial charge is 0.330 e. The molecule has 102 valence electrons.